The number of rotatable bonds is 4. The lowest BCUT2D eigenvalue weighted by atomic mass is 9.69. The lowest BCUT2D eigenvalue weighted by molar-refractivity contribution is -0.151. The van der Waals surface area contributed by atoms with Gasteiger partial charge in [-0.1, -0.05) is 19.1 Å². The molecule has 0 saturated heterocycles. The van der Waals surface area contributed by atoms with Crippen molar-refractivity contribution in [2.24, 2.45) is 11.8 Å². The lowest BCUT2D eigenvalue weighted by Gasteiger charge is -2.38. The second-order valence-electron chi connectivity index (χ2n) is 7.35. The molecular formula is C22H25NO6. The molecule has 1 aromatic rings. The average Bonchev–Trinajstić information content (AvgIpc) is 2.66. The van der Waals surface area contributed by atoms with Gasteiger partial charge >= 0.3 is 11.9 Å². The largest absolute Gasteiger partial charge is 0.508 e. The number of phenols is 1. The first-order valence-corrected chi connectivity index (χ1v) is 9.59. The highest BCUT2D eigenvalue weighted by molar-refractivity contribution is 6.12. The Labute approximate surface area is 169 Å². The van der Waals surface area contributed by atoms with Gasteiger partial charge in [0.1, 0.15) is 11.7 Å². The maximum Gasteiger partial charge on any atom is 0.336 e. The number of aromatic hydroxyl groups is 1. The van der Waals surface area contributed by atoms with Gasteiger partial charge in [0.2, 0.25) is 0 Å². The van der Waals surface area contributed by atoms with E-state index in [0.29, 0.717) is 34.5 Å². The molecule has 7 nitrogen and oxygen atoms in total. The molecule has 2 aliphatic rings. The average molecular weight is 399 g/mol. The van der Waals surface area contributed by atoms with E-state index in [9.17, 15) is 19.5 Å². The van der Waals surface area contributed by atoms with Crippen LogP contribution in [-0.2, 0) is 23.9 Å². The van der Waals surface area contributed by atoms with E-state index in [1.807, 2.05) is 6.92 Å². The molecule has 0 amide bonds. The third-order valence-corrected chi connectivity index (χ3v) is 5.44. The zero-order valence-corrected chi connectivity index (χ0v) is 16.9. The van der Waals surface area contributed by atoms with Crippen molar-refractivity contribution in [2.75, 3.05) is 13.7 Å². The topological polar surface area (TPSA) is 102 Å². The SMILES string of the molecule is CCOC(=O)C1=C(C)NC2=C(C(=O)[C@@H](C(=O)OC)[C@H](C)C2)[C@H]1c1cccc(O)c1. The molecule has 29 heavy (non-hydrogen) atoms. The van der Waals surface area contributed by atoms with Gasteiger partial charge in [-0.3, -0.25) is 9.59 Å². The summed E-state index contributed by atoms with van der Waals surface area (Å²) in [5.41, 5.74) is 2.49. The molecule has 0 unspecified atom stereocenters. The Hall–Kier alpha value is -3.09. The molecule has 0 bridgehead atoms. The first-order valence-electron chi connectivity index (χ1n) is 9.59. The first-order chi connectivity index (χ1) is 13.8. The summed E-state index contributed by atoms with van der Waals surface area (Å²) in [7, 11) is 1.26. The van der Waals surface area contributed by atoms with Crippen molar-refractivity contribution < 1.29 is 29.0 Å². The fourth-order valence-corrected chi connectivity index (χ4v) is 4.20. The van der Waals surface area contributed by atoms with Crippen LogP contribution in [0, 0.1) is 11.8 Å². The Kier molecular flexibility index (Phi) is 5.77. The number of dihydropyridines is 1. The molecule has 3 atom stereocenters. The van der Waals surface area contributed by atoms with E-state index >= 15 is 0 Å². The van der Waals surface area contributed by atoms with E-state index in [-0.39, 0.29) is 24.1 Å². The van der Waals surface area contributed by atoms with E-state index in [4.69, 9.17) is 9.47 Å². The number of ketones is 1. The smallest absolute Gasteiger partial charge is 0.336 e. The quantitative estimate of drug-likeness (QED) is 0.593. The van der Waals surface area contributed by atoms with Gasteiger partial charge in [0.05, 0.1) is 19.3 Å². The van der Waals surface area contributed by atoms with Gasteiger partial charge < -0.3 is 19.9 Å². The Balaban J connectivity index is 2.19. The van der Waals surface area contributed by atoms with Gasteiger partial charge in [0, 0.05) is 22.9 Å². The van der Waals surface area contributed by atoms with Gasteiger partial charge in [-0.05, 0) is 43.9 Å². The molecule has 0 saturated carbocycles. The highest BCUT2D eigenvalue weighted by Crippen LogP contribution is 2.45. The predicted octanol–water partition coefficient (Wildman–Crippen LogP) is 2.57. The number of nitrogens with one attached hydrogen (secondary N) is 1. The molecule has 0 spiro atoms. The van der Waals surface area contributed by atoms with Crippen LogP contribution >= 0.6 is 0 Å². The van der Waals surface area contributed by atoms with Crippen LogP contribution in [0.15, 0.2) is 46.8 Å². The van der Waals surface area contributed by atoms with Gasteiger partial charge in [-0.2, -0.15) is 0 Å². The summed E-state index contributed by atoms with van der Waals surface area (Å²) in [6.45, 7) is 5.48. The molecule has 0 fully saturated rings. The standard InChI is InChI=1S/C22H25NO6/c1-5-29-22(27)17-12(3)23-15-9-11(2)16(21(26)28-4)20(25)19(15)18(17)13-7-6-8-14(24)10-13/h6-8,10-11,16,18,23-24H,5,9H2,1-4H3/t11-,16+,18+/m1/s1. The number of carbonyl (C=O) groups excluding carboxylic acids is 3. The number of benzene rings is 1. The summed E-state index contributed by atoms with van der Waals surface area (Å²) in [5.74, 6) is -3.42. The molecule has 2 N–H and O–H groups in total. The second kappa shape index (κ2) is 8.11. The Morgan fingerprint density at radius 1 is 1.31 bits per heavy atom. The van der Waals surface area contributed by atoms with Crippen molar-refractivity contribution in [1.29, 1.82) is 0 Å². The van der Waals surface area contributed by atoms with Crippen molar-refractivity contribution in [3.05, 3.63) is 52.4 Å². The van der Waals surface area contributed by atoms with E-state index < -0.39 is 23.8 Å². The summed E-state index contributed by atoms with van der Waals surface area (Å²) < 4.78 is 10.1. The van der Waals surface area contributed by atoms with Crippen molar-refractivity contribution in [1.82, 2.24) is 5.32 Å². The van der Waals surface area contributed by atoms with Crippen LogP contribution in [0.1, 0.15) is 38.7 Å². The lowest BCUT2D eigenvalue weighted by Crippen LogP contribution is -2.43. The third-order valence-electron chi connectivity index (χ3n) is 5.44. The van der Waals surface area contributed by atoms with Gasteiger partial charge in [-0.15, -0.1) is 0 Å². The Morgan fingerprint density at radius 2 is 2.03 bits per heavy atom. The monoisotopic (exact) mass is 399 g/mol. The maximum atomic E-state index is 13.4. The number of ether oxygens (including phenoxy) is 2. The van der Waals surface area contributed by atoms with Crippen LogP contribution in [-0.4, -0.2) is 36.5 Å². The number of hydrogen-bond donors (Lipinski definition) is 2. The number of phenolic OH excluding ortho intramolecular Hbond substituents is 1. The van der Waals surface area contributed by atoms with Crippen molar-refractivity contribution >= 4 is 17.7 Å². The number of esters is 2. The first kappa shape index (κ1) is 20.6. The summed E-state index contributed by atoms with van der Waals surface area (Å²) in [5, 5.41) is 13.2. The van der Waals surface area contributed by atoms with Crippen LogP contribution in [0.25, 0.3) is 0 Å². The summed E-state index contributed by atoms with van der Waals surface area (Å²) in [6, 6.07) is 6.43. The van der Waals surface area contributed by atoms with Gasteiger partial charge in [0.15, 0.2) is 5.78 Å². The molecule has 1 heterocycles. The van der Waals surface area contributed by atoms with Crippen molar-refractivity contribution in [2.45, 2.75) is 33.1 Å². The molecule has 0 radical (unpaired) electrons. The summed E-state index contributed by atoms with van der Waals surface area (Å²) in [4.78, 5) is 38.5. The highest BCUT2D eigenvalue weighted by Gasteiger charge is 2.47. The summed E-state index contributed by atoms with van der Waals surface area (Å²) in [6.07, 6.45) is 0.462. The minimum atomic E-state index is -0.942. The molecule has 1 aromatic carbocycles. The molecule has 0 aromatic heterocycles. The molecule has 7 heteroatoms. The van der Waals surface area contributed by atoms with E-state index in [1.54, 1.807) is 26.0 Å². The number of carbonyl (C=O) groups is 3. The molecule has 1 aliphatic heterocycles. The predicted molar refractivity (Wildman–Crippen MR) is 105 cm³/mol. The van der Waals surface area contributed by atoms with Crippen LogP contribution < -0.4 is 5.32 Å². The molecular weight excluding hydrogens is 374 g/mol. The van der Waals surface area contributed by atoms with Crippen molar-refractivity contribution in [3.63, 3.8) is 0 Å². The zero-order chi connectivity index (χ0) is 21.3. The number of methoxy groups -OCH3 is 1. The Bertz CT molecular complexity index is 929. The Morgan fingerprint density at radius 3 is 2.66 bits per heavy atom. The van der Waals surface area contributed by atoms with Crippen LogP contribution in [0.2, 0.25) is 0 Å². The van der Waals surface area contributed by atoms with Gasteiger partial charge in [0.25, 0.3) is 0 Å². The fraction of sp³-hybridized carbons (Fsp3) is 0.409. The highest BCUT2D eigenvalue weighted by atomic mass is 16.5. The van der Waals surface area contributed by atoms with Crippen LogP contribution in [0.3, 0.4) is 0 Å². The molecule has 154 valence electrons. The van der Waals surface area contributed by atoms with E-state index in [0.717, 1.165) is 0 Å². The minimum absolute atomic E-state index is 0.0187. The number of Topliss-reactive ketones (excluding diaryl/α,β-unsaturated/α-hetero) is 1. The van der Waals surface area contributed by atoms with Crippen molar-refractivity contribution in [3.8, 4) is 5.75 Å². The van der Waals surface area contributed by atoms with Crippen LogP contribution in [0.5, 0.6) is 5.75 Å². The van der Waals surface area contributed by atoms with E-state index in [2.05, 4.69) is 5.32 Å². The maximum absolute atomic E-state index is 13.4. The number of hydrogen-bond acceptors (Lipinski definition) is 7. The summed E-state index contributed by atoms with van der Waals surface area (Å²) >= 11 is 0. The second-order valence-corrected chi connectivity index (χ2v) is 7.35. The van der Waals surface area contributed by atoms with E-state index in [1.165, 1.54) is 19.2 Å². The van der Waals surface area contributed by atoms with Gasteiger partial charge in [-0.25, -0.2) is 4.79 Å². The molecule has 1 aliphatic carbocycles. The fourth-order valence-electron chi connectivity index (χ4n) is 4.20. The number of allylic oxidation sites excluding steroid dienone is 3. The molecule has 3 rings (SSSR count). The van der Waals surface area contributed by atoms with Crippen LogP contribution in [0.4, 0.5) is 0 Å². The minimum Gasteiger partial charge on any atom is -0.508 e. The third kappa shape index (κ3) is 3.64. The zero-order valence-electron chi connectivity index (χ0n) is 16.9. The normalized spacial score (nSPS) is 24.0.